The van der Waals surface area contributed by atoms with E-state index in [0.717, 1.165) is 18.1 Å². The van der Waals surface area contributed by atoms with Crippen LogP contribution >= 0.6 is 11.3 Å². The fourth-order valence-electron chi connectivity index (χ4n) is 2.32. The fraction of sp³-hybridized carbons (Fsp3) is 0.368. The van der Waals surface area contributed by atoms with Crippen molar-refractivity contribution in [1.29, 1.82) is 0 Å². The maximum absolute atomic E-state index is 11.9. The summed E-state index contributed by atoms with van der Waals surface area (Å²) in [4.78, 5) is 17.4. The van der Waals surface area contributed by atoms with Crippen LogP contribution in [0.4, 0.5) is 0 Å². The van der Waals surface area contributed by atoms with Crippen LogP contribution in [0.1, 0.15) is 29.7 Å². The molecule has 2 aromatic rings. The SMILES string of the molecule is CN=C(NCCC(=O)NCc1ccccc1)NCC(C)c1cccs1. The standard InChI is InChI=1S/C19H26N4OS/c1-15(17-9-6-12-25-17)13-23-19(20-2)21-11-10-18(24)22-14-16-7-4-3-5-8-16/h3-9,12,15H,10-11,13-14H2,1-2H3,(H,22,24)(H2,20,21,23). The molecule has 1 unspecified atom stereocenters. The van der Waals surface area contributed by atoms with Gasteiger partial charge in [0, 0.05) is 43.9 Å². The number of nitrogens with zero attached hydrogens (tertiary/aromatic N) is 1. The van der Waals surface area contributed by atoms with E-state index in [4.69, 9.17) is 0 Å². The first-order valence-electron chi connectivity index (χ1n) is 8.47. The minimum Gasteiger partial charge on any atom is -0.356 e. The maximum Gasteiger partial charge on any atom is 0.222 e. The highest BCUT2D eigenvalue weighted by Crippen LogP contribution is 2.19. The molecule has 2 rings (SSSR count). The lowest BCUT2D eigenvalue weighted by Gasteiger charge is -2.15. The molecule has 5 nitrogen and oxygen atoms in total. The van der Waals surface area contributed by atoms with Gasteiger partial charge in [-0.05, 0) is 17.0 Å². The predicted octanol–water partition coefficient (Wildman–Crippen LogP) is 2.72. The second-order valence-corrected chi connectivity index (χ2v) is 6.79. The molecule has 1 heterocycles. The van der Waals surface area contributed by atoms with Crippen LogP contribution < -0.4 is 16.0 Å². The Labute approximate surface area is 153 Å². The molecule has 0 saturated carbocycles. The van der Waals surface area contributed by atoms with E-state index >= 15 is 0 Å². The van der Waals surface area contributed by atoms with Gasteiger partial charge in [-0.2, -0.15) is 0 Å². The molecule has 0 fully saturated rings. The first-order valence-corrected chi connectivity index (χ1v) is 9.35. The van der Waals surface area contributed by atoms with Crippen LogP contribution in [0.25, 0.3) is 0 Å². The topological polar surface area (TPSA) is 65.5 Å². The van der Waals surface area contributed by atoms with E-state index in [9.17, 15) is 4.79 Å². The molecule has 1 aromatic heterocycles. The van der Waals surface area contributed by atoms with Crippen LogP contribution in [-0.2, 0) is 11.3 Å². The van der Waals surface area contributed by atoms with Crippen molar-refractivity contribution in [3.05, 3.63) is 58.3 Å². The Morgan fingerprint density at radius 2 is 1.92 bits per heavy atom. The van der Waals surface area contributed by atoms with Gasteiger partial charge in [-0.1, -0.05) is 43.3 Å². The van der Waals surface area contributed by atoms with E-state index in [-0.39, 0.29) is 5.91 Å². The van der Waals surface area contributed by atoms with Gasteiger partial charge in [0.2, 0.25) is 5.91 Å². The Morgan fingerprint density at radius 3 is 2.60 bits per heavy atom. The molecular weight excluding hydrogens is 332 g/mol. The number of aliphatic imine (C=N–C) groups is 1. The minimum atomic E-state index is 0.0266. The van der Waals surface area contributed by atoms with Crippen molar-refractivity contribution >= 4 is 23.2 Å². The van der Waals surface area contributed by atoms with Crippen molar-refractivity contribution in [3.8, 4) is 0 Å². The molecule has 0 saturated heterocycles. The van der Waals surface area contributed by atoms with Crippen LogP contribution in [0.15, 0.2) is 52.8 Å². The Hall–Kier alpha value is -2.34. The summed E-state index contributed by atoms with van der Waals surface area (Å²) >= 11 is 1.76. The maximum atomic E-state index is 11.9. The number of benzene rings is 1. The number of carbonyl (C=O) groups excluding carboxylic acids is 1. The van der Waals surface area contributed by atoms with Crippen molar-refractivity contribution in [1.82, 2.24) is 16.0 Å². The van der Waals surface area contributed by atoms with Gasteiger partial charge in [0.15, 0.2) is 5.96 Å². The summed E-state index contributed by atoms with van der Waals surface area (Å²) in [7, 11) is 1.74. The smallest absolute Gasteiger partial charge is 0.222 e. The molecule has 0 bridgehead atoms. The number of hydrogen-bond donors (Lipinski definition) is 3. The first-order chi connectivity index (χ1) is 12.2. The molecule has 1 amide bonds. The molecule has 0 spiro atoms. The summed E-state index contributed by atoms with van der Waals surface area (Å²) < 4.78 is 0. The van der Waals surface area contributed by atoms with Gasteiger partial charge in [-0.3, -0.25) is 9.79 Å². The first kappa shape index (κ1) is 19.0. The van der Waals surface area contributed by atoms with Crippen LogP contribution in [-0.4, -0.2) is 32.0 Å². The Morgan fingerprint density at radius 1 is 1.12 bits per heavy atom. The molecule has 0 aliphatic rings. The summed E-state index contributed by atoms with van der Waals surface area (Å²) in [6.45, 7) is 4.10. The summed E-state index contributed by atoms with van der Waals surface area (Å²) in [5.74, 6) is 1.17. The lowest BCUT2D eigenvalue weighted by atomic mass is 10.1. The van der Waals surface area contributed by atoms with Gasteiger partial charge < -0.3 is 16.0 Å². The Kier molecular flexibility index (Phi) is 7.98. The average molecular weight is 359 g/mol. The third-order valence-corrected chi connectivity index (χ3v) is 4.91. The van der Waals surface area contributed by atoms with Gasteiger partial charge >= 0.3 is 0 Å². The van der Waals surface area contributed by atoms with E-state index in [1.807, 2.05) is 30.3 Å². The molecule has 0 radical (unpaired) electrons. The van der Waals surface area contributed by atoms with Crippen LogP contribution in [0.2, 0.25) is 0 Å². The molecule has 1 aromatic carbocycles. The summed E-state index contributed by atoms with van der Waals surface area (Å²) in [6, 6.07) is 14.1. The monoisotopic (exact) mass is 358 g/mol. The fourth-order valence-corrected chi connectivity index (χ4v) is 3.11. The second-order valence-electron chi connectivity index (χ2n) is 5.81. The zero-order valence-electron chi connectivity index (χ0n) is 14.8. The lowest BCUT2D eigenvalue weighted by molar-refractivity contribution is -0.121. The highest BCUT2D eigenvalue weighted by molar-refractivity contribution is 7.10. The van der Waals surface area contributed by atoms with Crippen LogP contribution in [0, 0.1) is 0 Å². The summed E-state index contributed by atoms with van der Waals surface area (Å²) in [5, 5.41) is 11.5. The molecule has 6 heteroatoms. The molecule has 3 N–H and O–H groups in total. The largest absolute Gasteiger partial charge is 0.356 e. The van der Waals surface area contributed by atoms with Crippen molar-refractivity contribution in [2.75, 3.05) is 20.1 Å². The number of hydrogen-bond acceptors (Lipinski definition) is 3. The number of carbonyl (C=O) groups is 1. The average Bonchev–Trinajstić information content (AvgIpc) is 3.18. The van der Waals surface area contributed by atoms with E-state index in [1.165, 1.54) is 4.88 Å². The Balaban J connectivity index is 1.62. The second kappa shape index (κ2) is 10.5. The lowest BCUT2D eigenvalue weighted by Crippen LogP contribution is -2.40. The van der Waals surface area contributed by atoms with Crippen molar-refractivity contribution in [2.24, 2.45) is 4.99 Å². The summed E-state index contributed by atoms with van der Waals surface area (Å²) in [5.41, 5.74) is 1.10. The number of guanidine groups is 1. The van der Waals surface area contributed by atoms with Gasteiger partial charge in [0.25, 0.3) is 0 Å². The highest BCUT2D eigenvalue weighted by atomic mass is 32.1. The molecule has 0 aliphatic carbocycles. The number of thiophene rings is 1. The molecule has 0 aliphatic heterocycles. The van der Waals surface area contributed by atoms with Gasteiger partial charge in [-0.15, -0.1) is 11.3 Å². The summed E-state index contributed by atoms with van der Waals surface area (Å²) in [6.07, 6.45) is 0.411. The van der Waals surface area contributed by atoms with Crippen molar-refractivity contribution in [3.63, 3.8) is 0 Å². The zero-order valence-corrected chi connectivity index (χ0v) is 15.6. The quantitative estimate of drug-likeness (QED) is 0.502. The van der Waals surface area contributed by atoms with E-state index in [1.54, 1.807) is 18.4 Å². The number of nitrogens with one attached hydrogen (secondary N) is 3. The van der Waals surface area contributed by atoms with Gasteiger partial charge in [0.05, 0.1) is 0 Å². The van der Waals surface area contributed by atoms with E-state index in [0.29, 0.717) is 25.4 Å². The highest BCUT2D eigenvalue weighted by Gasteiger charge is 2.08. The van der Waals surface area contributed by atoms with Crippen molar-refractivity contribution < 1.29 is 4.79 Å². The van der Waals surface area contributed by atoms with E-state index < -0.39 is 0 Å². The predicted molar refractivity (Wildman–Crippen MR) is 105 cm³/mol. The Bertz CT molecular complexity index is 655. The minimum absolute atomic E-state index is 0.0266. The van der Waals surface area contributed by atoms with E-state index in [2.05, 4.69) is 45.4 Å². The zero-order chi connectivity index (χ0) is 17.9. The third-order valence-electron chi connectivity index (χ3n) is 3.81. The van der Waals surface area contributed by atoms with Crippen LogP contribution in [0.5, 0.6) is 0 Å². The molecule has 1 atom stereocenters. The third kappa shape index (κ3) is 6.97. The number of rotatable bonds is 8. The molecule has 25 heavy (non-hydrogen) atoms. The van der Waals surface area contributed by atoms with Gasteiger partial charge in [-0.25, -0.2) is 0 Å². The molecular formula is C19H26N4OS. The van der Waals surface area contributed by atoms with Crippen molar-refractivity contribution in [2.45, 2.75) is 25.8 Å². The van der Waals surface area contributed by atoms with Gasteiger partial charge in [0.1, 0.15) is 0 Å². The normalized spacial score (nSPS) is 12.5. The number of amides is 1. The van der Waals surface area contributed by atoms with Crippen LogP contribution in [0.3, 0.4) is 0 Å². The molecule has 134 valence electrons.